The Bertz CT molecular complexity index is 488. The van der Waals surface area contributed by atoms with Crippen LogP contribution in [0.1, 0.15) is 37.7 Å². The van der Waals surface area contributed by atoms with E-state index < -0.39 is 6.10 Å². The molecule has 0 amide bonds. The number of β-amino-alcohol motifs (C(OH)–C–C–N with tert-alkyl or cyclic N) is 1. The maximum absolute atomic E-state index is 10.3. The number of piperidine rings is 1. The first-order valence-electron chi connectivity index (χ1n) is 9.31. The van der Waals surface area contributed by atoms with Crippen LogP contribution in [-0.2, 0) is 16.0 Å². The van der Waals surface area contributed by atoms with E-state index in [1.54, 1.807) is 0 Å². The highest BCUT2D eigenvalue weighted by Crippen LogP contribution is 2.19. The highest BCUT2D eigenvalue weighted by Gasteiger charge is 2.25. The van der Waals surface area contributed by atoms with Gasteiger partial charge in [0.1, 0.15) is 0 Å². The molecule has 1 aromatic rings. The van der Waals surface area contributed by atoms with E-state index in [2.05, 4.69) is 23.1 Å². The standard InChI is InChI=1S/C18H31N3O3/c1-15-9-19-21(10-15)11-16-5-2-3-7-20(16)12-17(22)13-23-14-18-6-4-8-24-18/h9-10,16-18,22H,2-8,11-14H2,1H3/t16-,17+,18+/m0/s1. The lowest BCUT2D eigenvalue weighted by Gasteiger charge is -2.36. The number of aryl methyl sites for hydroxylation is 1. The zero-order chi connectivity index (χ0) is 16.8. The van der Waals surface area contributed by atoms with Crippen LogP contribution in [0.3, 0.4) is 0 Å². The monoisotopic (exact) mass is 337 g/mol. The molecule has 6 nitrogen and oxygen atoms in total. The predicted octanol–water partition coefficient (Wildman–Crippen LogP) is 1.60. The van der Waals surface area contributed by atoms with Crippen molar-refractivity contribution in [2.24, 2.45) is 0 Å². The number of nitrogens with zero attached hydrogens (tertiary/aromatic N) is 3. The Morgan fingerprint density at radius 1 is 1.38 bits per heavy atom. The van der Waals surface area contributed by atoms with Crippen LogP contribution >= 0.6 is 0 Å². The third-order valence-electron chi connectivity index (χ3n) is 4.99. The molecule has 0 unspecified atom stereocenters. The first kappa shape index (κ1) is 17.9. The van der Waals surface area contributed by atoms with E-state index in [1.165, 1.54) is 24.8 Å². The van der Waals surface area contributed by atoms with Gasteiger partial charge in [-0.2, -0.15) is 5.10 Å². The third kappa shape index (κ3) is 5.28. The molecular formula is C18H31N3O3. The quantitative estimate of drug-likeness (QED) is 0.781. The lowest BCUT2D eigenvalue weighted by atomic mass is 10.0. The second-order valence-corrected chi connectivity index (χ2v) is 7.21. The lowest BCUT2D eigenvalue weighted by Crippen LogP contribution is -2.46. The van der Waals surface area contributed by atoms with Gasteiger partial charge in [0, 0.05) is 25.4 Å². The number of aliphatic hydroxyl groups is 1. The average Bonchev–Trinajstić information content (AvgIpc) is 3.21. The minimum atomic E-state index is -0.439. The predicted molar refractivity (Wildman–Crippen MR) is 92.0 cm³/mol. The van der Waals surface area contributed by atoms with Crippen molar-refractivity contribution in [2.75, 3.05) is 32.9 Å². The van der Waals surface area contributed by atoms with Gasteiger partial charge in [0.25, 0.3) is 0 Å². The number of ether oxygens (including phenoxy) is 2. The van der Waals surface area contributed by atoms with Crippen LogP contribution < -0.4 is 0 Å². The van der Waals surface area contributed by atoms with Gasteiger partial charge in [-0.25, -0.2) is 0 Å². The molecule has 2 fully saturated rings. The zero-order valence-corrected chi connectivity index (χ0v) is 14.8. The summed E-state index contributed by atoms with van der Waals surface area (Å²) in [6, 6.07) is 0.450. The van der Waals surface area contributed by atoms with Crippen molar-refractivity contribution >= 4 is 0 Å². The fraction of sp³-hybridized carbons (Fsp3) is 0.833. The third-order valence-corrected chi connectivity index (χ3v) is 4.99. The van der Waals surface area contributed by atoms with E-state index in [4.69, 9.17) is 9.47 Å². The van der Waals surface area contributed by atoms with E-state index in [1.807, 2.05) is 10.9 Å². The zero-order valence-electron chi connectivity index (χ0n) is 14.8. The molecule has 0 aliphatic carbocycles. The second kappa shape index (κ2) is 8.94. The Kier molecular flexibility index (Phi) is 6.66. The Morgan fingerprint density at radius 2 is 2.29 bits per heavy atom. The molecule has 1 N–H and O–H groups in total. The van der Waals surface area contributed by atoms with Gasteiger partial charge in [0.05, 0.1) is 38.2 Å². The Morgan fingerprint density at radius 3 is 3.04 bits per heavy atom. The highest BCUT2D eigenvalue weighted by atomic mass is 16.5. The summed E-state index contributed by atoms with van der Waals surface area (Å²) in [7, 11) is 0. The van der Waals surface area contributed by atoms with Gasteiger partial charge >= 0.3 is 0 Å². The van der Waals surface area contributed by atoms with Gasteiger partial charge in [-0.1, -0.05) is 6.42 Å². The van der Waals surface area contributed by atoms with Gasteiger partial charge in [-0.3, -0.25) is 9.58 Å². The van der Waals surface area contributed by atoms with Crippen LogP contribution in [0, 0.1) is 6.92 Å². The summed E-state index contributed by atoms with van der Waals surface area (Å²) in [5, 5.41) is 14.7. The van der Waals surface area contributed by atoms with Crippen LogP contribution in [0.2, 0.25) is 0 Å². The molecule has 24 heavy (non-hydrogen) atoms. The molecule has 1 aromatic heterocycles. The smallest absolute Gasteiger partial charge is 0.0900 e. The number of aromatic nitrogens is 2. The minimum absolute atomic E-state index is 0.225. The molecule has 3 atom stereocenters. The Labute approximate surface area is 144 Å². The Hall–Kier alpha value is -0.950. The molecule has 0 aromatic carbocycles. The van der Waals surface area contributed by atoms with Gasteiger partial charge < -0.3 is 14.6 Å². The first-order chi connectivity index (χ1) is 11.7. The molecule has 0 saturated carbocycles. The maximum atomic E-state index is 10.3. The number of aliphatic hydroxyl groups excluding tert-OH is 1. The van der Waals surface area contributed by atoms with E-state index in [0.717, 1.165) is 32.5 Å². The van der Waals surface area contributed by atoms with Crippen molar-refractivity contribution in [3.63, 3.8) is 0 Å². The first-order valence-corrected chi connectivity index (χ1v) is 9.31. The van der Waals surface area contributed by atoms with Crippen LogP contribution in [0.5, 0.6) is 0 Å². The molecule has 2 aliphatic heterocycles. The topological polar surface area (TPSA) is 59.8 Å². The van der Waals surface area contributed by atoms with Gasteiger partial charge in [0.2, 0.25) is 0 Å². The van der Waals surface area contributed by atoms with E-state index >= 15 is 0 Å². The normalized spacial score (nSPS) is 26.8. The fourth-order valence-corrected chi connectivity index (χ4v) is 3.72. The van der Waals surface area contributed by atoms with E-state index in [9.17, 15) is 5.11 Å². The molecular weight excluding hydrogens is 306 g/mol. The SMILES string of the molecule is Cc1cnn(C[C@@H]2CCCCN2C[C@@H](O)COC[C@H]2CCCO2)c1. The van der Waals surface area contributed by atoms with Crippen LogP contribution in [-0.4, -0.2) is 70.9 Å². The number of likely N-dealkylation sites (tertiary alicyclic amines) is 1. The van der Waals surface area contributed by atoms with Crippen LogP contribution in [0.25, 0.3) is 0 Å². The van der Waals surface area contributed by atoms with E-state index in [-0.39, 0.29) is 6.10 Å². The molecule has 2 aliphatic rings. The molecule has 2 saturated heterocycles. The largest absolute Gasteiger partial charge is 0.389 e. The summed E-state index contributed by atoms with van der Waals surface area (Å²) >= 11 is 0. The van der Waals surface area contributed by atoms with Crippen molar-refractivity contribution < 1.29 is 14.6 Å². The van der Waals surface area contributed by atoms with Crippen molar-refractivity contribution in [3.8, 4) is 0 Å². The molecule has 0 spiro atoms. The summed E-state index contributed by atoms with van der Waals surface area (Å²) in [6.07, 6.45) is 9.61. The number of hydrogen-bond acceptors (Lipinski definition) is 5. The van der Waals surface area contributed by atoms with Crippen molar-refractivity contribution in [2.45, 2.75) is 63.8 Å². The van der Waals surface area contributed by atoms with Crippen molar-refractivity contribution in [1.82, 2.24) is 14.7 Å². The van der Waals surface area contributed by atoms with Crippen LogP contribution in [0.4, 0.5) is 0 Å². The number of hydrogen-bond donors (Lipinski definition) is 1. The maximum Gasteiger partial charge on any atom is 0.0900 e. The summed E-state index contributed by atoms with van der Waals surface area (Å²) in [6.45, 7) is 6.54. The lowest BCUT2D eigenvalue weighted by molar-refractivity contribution is -0.0322. The molecule has 3 heterocycles. The van der Waals surface area contributed by atoms with Crippen molar-refractivity contribution in [1.29, 1.82) is 0 Å². The second-order valence-electron chi connectivity index (χ2n) is 7.21. The van der Waals surface area contributed by atoms with Gasteiger partial charge in [-0.05, 0) is 44.7 Å². The Balaban J connectivity index is 1.42. The van der Waals surface area contributed by atoms with Gasteiger partial charge in [0.15, 0.2) is 0 Å². The van der Waals surface area contributed by atoms with E-state index in [0.29, 0.717) is 25.8 Å². The molecule has 3 rings (SSSR count). The summed E-state index contributed by atoms with van der Waals surface area (Å²) < 4.78 is 13.2. The minimum Gasteiger partial charge on any atom is -0.389 e. The summed E-state index contributed by atoms with van der Waals surface area (Å²) in [5.41, 5.74) is 1.19. The molecule has 136 valence electrons. The average molecular weight is 337 g/mol. The van der Waals surface area contributed by atoms with Crippen LogP contribution in [0.15, 0.2) is 12.4 Å². The fourth-order valence-electron chi connectivity index (χ4n) is 3.72. The molecule has 6 heteroatoms. The molecule has 0 radical (unpaired) electrons. The van der Waals surface area contributed by atoms with Gasteiger partial charge in [-0.15, -0.1) is 0 Å². The summed E-state index contributed by atoms with van der Waals surface area (Å²) in [4.78, 5) is 2.40. The molecule has 0 bridgehead atoms. The van der Waals surface area contributed by atoms with Crippen molar-refractivity contribution in [3.05, 3.63) is 18.0 Å². The summed E-state index contributed by atoms with van der Waals surface area (Å²) in [5.74, 6) is 0. The number of rotatable bonds is 8. The highest BCUT2D eigenvalue weighted by molar-refractivity contribution is 4.99.